The van der Waals surface area contributed by atoms with Gasteiger partial charge in [0.1, 0.15) is 11.9 Å². The molecule has 0 N–H and O–H groups in total. The Morgan fingerprint density at radius 3 is 2.79 bits per heavy atom. The van der Waals surface area contributed by atoms with E-state index in [-0.39, 0.29) is 5.82 Å². The van der Waals surface area contributed by atoms with Crippen LogP contribution in [0.25, 0.3) is 17.0 Å². The van der Waals surface area contributed by atoms with Gasteiger partial charge in [-0.15, -0.1) is 10.2 Å². The minimum atomic E-state index is -0.363. The van der Waals surface area contributed by atoms with Gasteiger partial charge in [-0.05, 0) is 30.3 Å². The lowest BCUT2D eigenvalue weighted by Crippen LogP contribution is -1.91. The number of pyridine rings is 1. The lowest BCUT2D eigenvalue weighted by Gasteiger charge is -2.02. The Morgan fingerprint density at radius 1 is 1.21 bits per heavy atom. The first-order valence-corrected chi connectivity index (χ1v) is 6.18. The second-order valence-corrected chi connectivity index (χ2v) is 4.86. The highest BCUT2D eigenvalue weighted by atomic mass is 79.9. The normalized spacial score (nSPS) is 10.6. The van der Waals surface area contributed by atoms with E-state index < -0.39 is 0 Å². The van der Waals surface area contributed by atoms with Crippen molar-refractivity contribution >= 4 is 21.6 Å². The number of hydrogen-bond acceptors (Lipinski definition) is 3. The van der Waals surface area contributed by atoms with E-state index in [0.29, 0.717) is 27.1 Å². The molecule has 19 heavy (non-hydrogen) atoms. The van der Waals surface area contributed by atoms with Crippen molar-refractivity contribution in [2.45, 2.75) is 0 Å². The van der Waals surface area contributed by atoms with Crippen LogP contribution < -0.4 is 0 Å². The standard InChI is InChI=1S/C13H6BrFN4/c14-10-3-9(4-11(15)5-10)13-18-17-12-2-1-8(6-16)7-19(12)13/h1-5,7H. The van der Waals surface area contributed by atoms with E-state index in [2.05, 4.69) is 32.2 Å². The minimum absolute atomic E-state index is 0.363. The summed E-state index contributed by atoms with van der Waals surface area (Å²) in [5.41, 5.74) is 1.69. The van der Waals surface area contributed by atoms with Crippen LogP contribution in [-0.2, 0) is 0 Å². The molecule has 0 atom stereocenters. The van der Waals surface area contributed by atoms with Crippen molar-refractivity contribution in [3.05, 3.63) is 52.4 Å². The Balaban J connectivity index is 2.27. The summed E-state index contributed by atoms with van der Waals surface area (Å²) < 4.78 is 15.7. The molecule has 0 radical (unpaired) electrons. The van der Waals surface area contributed by atoms with Gasteiger partial charge in [-0.3, -0.25) is 4.40 Å². The average molecular weight is 317 g/mol. The molecule has 0 spiro atoms. The van der Waals surface area contributed by atoms with Crippen molar-refractivity contribution < 1.29 is 4.39 Å². The smallest absolute Gasteiger partial charge is 0.168 e. The molecule has 0 fully saturated rings. The molecule has 3 rings (SSSR count). The quantitative estimate of drug-likeness (QED) is 0.693. The molecule has 6 heteroatoms. The Kier molecular flexibility index (Phi) is 2.76. The van der Waals surface area contributed by atoms with Crippen LogP contribution in [0.5, 0.6) is 0 Å². The van der Waals surface area contributed by atoms with Crippen LogP contribution >= 0.6 is 15.9 Å². The first-order chi connectivity index (χ1) is 9.17. The highest BCUT2D eigenvalue weighted by Gasteiger charge is 2.10. The van der Waals surface area contributed by atoms with Crippen molar-refractivity contribution in [2.75, 3.05) is 0 Å². The summed E-state index contributed by atoms with van der Waals surface area (Å²) in [7, 11) is 0. The van der Waals surface area contributed by atoms with Gasteiger partial charge >= 0.3 is 0 Å². The lowest BCUT2D eigenvalue weighted by molar-refractivity contribution is 0.627. The number of halogens is 2. The summed E-state index contributed by atoms with van der Waals surface area (Å²) in [4.78, 5) is 0. The predicted octanol–water partition coefficient (Wildman–Crippen LogP) is 3.17. The van der Waals surface area contributed by atoms with E-state index in [1.807, 2.05) is 0 Å². The average Bonchev–Trinajstić information content (AvgIpc) is 2.80. The van der Waals surface area contributed by atoms with Gasteiger partial charge in [0.2, 0.25) is 0 Å². The molecule has 0 saturated carbocycles. The minimum Gasteiger partial charge on any atom is -0.281 e. The first kappa shape index (κ1) is 11.8. The number of nitriles is 1. The number of hydrogen-bond donors (Lipinski definition) is 0. The topological polar surface area (TPSA) is 54.0 Å². The first-order valence-electron chi connectivity index (χ1n) is 5.39. The summed E-state index contributed by atoms with van der Waals surface area (Å²) in [5, 5.41) is 16.9. The summed E-state index contributed by atoms with van der Waals surface area (Å²) in [6.45, 7) is 0. The van der Waals surface area contributed by atoms with Crippen LogP contribution in [0.2, 0.25) is 0 Å². The fourth-order valence-electron chi connectivity index (χ4n) is 1.84. The van der Waals surface area contributed by atoms with Gasteiger partial charge in [0.25, 0.3) is 0 Å². The van der Waals surface area contributed by atoms with Gasteiger partial charge in [0.05, 0.1) is 5.56 Å². The third-order valence-electron chi connectivity index (χ3n) is 2.65. The lowest BCUT2D eigenvalue weighted by atomic mass is 10.2. The van der Waals surface area contributed by atoms with Gasteiger partial charge in [-0.25, -0.2) is 4.39 Å². The molecular formula is C13H6BrFN4. The summed E-state index contributed by atoms with van der Waals surface area (Å²) >= 11 is 3.24. The number of nitrogens with zero attached hydrogens (tertiary/aromatic N) is 4. The number of rotatable bonds is 1. The van der Waals surface area contributed by atoms with E-state index in [1.165, 1.54) is 12.1 Å². The second-order valence-electron chi connectivity index (χ2n) is 3.94. The Morgan fingerprint density at radius 2 is 2.05 bits per heavy atom. The van der Waals surface area contributed by atoms with E-state index in [1.54, 1.807) is 28.8 Å². The fourth-order valence-corrected chi connectivity index (χ4v) is 2.30. The van der Waals surface area contributed by atoms with E-state index >= 15 is 0 Å². The van der Waals surface area contributed by atoms with Gasteiger partial charge < -0.3 is 0 Å². The highest BCUT2D eigenvalue weighted by molar-refractivity contribution is 9.10. The van der Waals surface area contributed by atoms with Crippen molar-refractivity contribution in [1.82, 2.24) is 14.6 Å². The van der Waals surface area contributed by atoms with Crippen LogP contribution in [0, 0.1) is 17.1 Å². The number of benzene rings is 1. The van der Waals surface area contributed by atoms with Gasteiger partial charge in [-0.2, -0.15) is 5.26 Å². The van der Waals surface area contributed by atoms with Crippen molar-refractivity contribution in [3.63, 3.8) is 0 Å². The molecule has 0 amide bonds. The molecule has 2 heterocycles. The molecular weight excluding hydrogens is 311 g/mol. The monoisotopic (exact) mass is 316 g/mol. The van der Waals surface area contributed by atoms with Gasteiger partial charge in [-0.1, -0.05) is 15.9 Å². The van der Waals surface area contributed by atoms with Crippen LogP contribution in [0.1, 0.15) is 5.56 Å². The van der Waals surface area contributed by atoms with Crippen LogP contribution in [0.3, 0.4) is 0 Å². The molecule has 0 saturated heterocycles. The van der Waals surface area contributed by atoms with E-state index in [4.69, 9.17) is 5.26 Å². The molecule has 0 bridgehead atoms. The SMILES string of the molecule is N#Cc1ccc2nnc(-c3cc(F)cc(Br)c3)n2c1. The Hall–Kier alpha value is -2.26. The molecule has 4 nitrogen and oxygen atoms in total. The zero-order valence-electron chi connectivity index (χ0n) is 9.51. The molecule has 0 unspecified atom stereocenters. The maximum Gasteiger partial charge on any atom is 0.168 e. The zero-order chi connectivity index (χ0) is 13.4. The van der Waals surface area contributed by atoms with Gasteiger partial charge in [0.15, 0.2) is 11.5 Å². The molecule has 0 aliphatic carbocycles. The summed E-state index contributed by atoms with van der Waals surface area (Å²) in [6.07, 6.45) is 1.63. The number of fused-ring (bicyclic) bond motifs is 1. The van der Waals surface area contributed by atoms with Crippen LogP contribution in [0.4, 0.5) is 4.39 Å². The highest BCUT2D eigenvalue weighted by Crippen LogP contribution is 2.24. The largest absolute Gasteiger partial charge is 0.281 e. The van der Waals surface area contributed by atoms with Crippen molar-refractivity contribution in [1.29, 1.82) is 5.26 Å². The Labute approximate surface area is 116 Å². The molecule has 0 aliphatic heterocycles. The van der Waals surface area contributed by atoms with Crippen molar-refractivity contribution in [2.24, 2.45) is 0 Å². The molecule has 0 aliphatic rings. The zero-order valence-corrected chi connectivity index (χ0v) is 11.1. The second kappa shape index (κ2) is 4.44. The van der Waals surface area contributed by atoms with Crippen LogP contribution in [0.15, 0.2) is 41.0 Å². The van der Waals surface area contributed by atoms with E-state index in [0.717, 1.165) is 0 Å². The molecule has 2 aromatic heterocycles. The molecule has 92 valence electrons. The fraction of sp³-hybridized carbons (Fsp3) is 0. The van der Waals surface area contributed by atoms with E-state index in [9.17, 15) is 4.39 Å². The van der Waals surface area contributed by atoms with Crippen molar-refractivity contribution in [3.8, 4) is 17.5 Å². The summed E-state index contributed by atoms with van der Waals surface area (Å²) in [6, 6.07) is 9.90. The maximum atomic E-state index is 13.4. The summed E-state index contributed by atoms with van der Waals surface area (Å²) in [5.74, 6) is 0.130. The number of aromatic nitrogens is 3. The Bertz CT molecular complexity index is 799. The third-order valence-corrected chi connectivity index (χ3v) is 3.11. The molecule has 1 aromatic carbocycles. The predicted molar refractivity (Wildman–Crippen MR) is 70.8 cm³/mol. The van der Waals surface area contributed by atoms with Gasteiger partial charge in [0, 0.05) is 16.2 Å². The molecule has 3 aromatic rings. The van der Waals surface area contributed by atoms with Crippen LogP contribution in [-0.4, -0.2) is 14.6 Å². The maximum absolute atomic E-state index is 13.4. The third kappa shape index (κ3) is 2.09.